The number of hydrogen-bond acceptors (Lipinski definition) is 5. The fraction of sp³-hybridized carbons (Fsp3) is 0.0833. The molecule has 0 radical (unpaired) electrons. The summed E-state index contributed by atoms with van der Waals surface area (Å²) < 4.78 is 10.4. The third-order valence-corrected chi connectivity index (χ3v) is 2.41. The van der Waals surface area contributed by atoms with Crippen LogP contribution >= 0.6 is 11.6 Å². The number of rotatable bonds is 4. The van der Waals surface area contributed by atoms with Crippen molar-refractivity contribution in [2.24, 2.45) is 0 Å². The van der Waals surface area contributed by atoms with Gasteiger partial charge in [-0.15, -0.1) is 0 Å². The number of carboxylic acids is 1. The Kier molecular flexibility index (Phi) is 3.82. The molecule has 0 fully saturated rings. The monoisotopic (exact) mass is 280 g/mol. The van der Waals surface area contributed by atoms with Crippen molar-refractivity contribution >= 4 is 17.6 Å². The average molecular weight is 281 g/mol. The van der Waals surface area contributed by atoms with Gasteiger partial charge in [-0.2, -0.15) is 0 Å². The first kappa shape index (κ1) is 13.1. The number of aromatic carboxylic acids is 1. The second-order valence-corrected chi connectivity index (χ2v) is 3.86. The lowest BCUT2D eigenvalue weighted by molar-refractivity contribution is 0.0693. The number of halogens is 1. The van der Waals surface area contributed by atoms with Gasteiger partial charge in [0.15, 0.2) is 11.5 Å². The van der Waals surface area contributed by atoms with E-state index in [1.165, 1.54) is 25.6 Å². The Hall–Kier alpha value is -2.34. The minimum atomic E-state index is -1.14. The first-order chi connectivity index (χ1) is 9.11. The van der Waals surface area contributed by atoms with E-state index < -0.39 is 5.97 Å². The van der Waals surface area contributed by atoms with Crippen LogP contribution < -0.4 is 9.47 Å². The predicted octanol–water partition coefficient (Wildman–Crippen LogP) is 2.63. The van der Waals surface area contributed by atoms with E-state index in [1.54, 1.807) is 12.1 Å². The summed E-state index contributed by atoms with van der Waals surface area (Å²) in [5.41, 5.74) is -0.0436. The number of ether oxygens (including phenoxy) is 2. The van der Waals surface area contributed by atoms with Crippen LogP contribution in [0.5, 0.6) is 17.5 Å². The normalized spacial score (nSPS) is 10.0. The molecule has 7 heteroatoms. The average Bonchev–Trinajstić information content (AvgIpc) is 2.41. The molecule has 1 heterocycles. The highest BCUT2D eigenvalue weighted by Gasteiger charge is 2.17. The number of hydrogen-bond donors (Lipinski definition) is 1. The molecule has 0 aliphatic rings. The van der Waals surface area contributed by atoms with Crippen LogP contribution in [0.1, 0.15) is 10.4 Å². The largest absolute Gasteiger partial charge is 0.493 e. The predicted molar refractivity (Wildman–Crippen MR) is 67.1 cm³/mol. The van der Waals surface area contributed by atoms with Gasteiger partial charge in [0.25, 0.3) is 0 Å². The molecule has 0 spiro atoms. The van der Waals surface area contributed by atoms with Gasteiger partial charge >= 0.3 is 12.0 Å². The van der Waals surface area contributed by atoms with Crippen LogP contribution in [0.2, 0.25) is 5.02 Å². The van der Waals surface area contributed by atoms with Gasteiger partial charge < -0.3 is 14.6 Å². The van der Waals surface area contributed by atoms with E-state index in [0.717, 1.165) is 0 Å². The van der Waals surface area contributed by atoms with Gasteiger partial charge in [-0.05, 0) is 12.1 Å². The minimum absolute atomic E-state index is 0.0172. The van der Waals surface area contributed by atoms with Crippen LogP contribution in [0, 0.1) is 0 Å². The quantitative estimate of drug-likeness (QED) is 0.927. The van der Waals surface area contributed by atoms with Crippen molar-refractivity contribution in [1.29, 1.82) is 0 Å². The lowest BCUT2D eigenvalue weighted by Crippen LogP contribution is -2.03. The highest BCUT2D eigenvalue weighted by Crippen LogP contribution is 2.33. The molecular formula is C12H9ClN2O4. The van der Waals surface area contributed by atoms with Crippen molar-refractivity contribution in [3.8, 4) is 17.5 Å². The molecule has 0 amide bonds. The molecule has 0 unspecified atom stereocenters. The second kappa shape index (κ2) is 5.53. The summed E-state index contributed by atoms with van der Waals surface area (Å²) in [6, 6.07) is 4.52. The van der Waals surface area contributed by atoms with Gasteiger partial charge in [0.05, 0.1) is 24.5 Å². The van der Waals surface area contributed by atoms with Crippen LogP contribution in [0.4, 0.5) is 0 Å². The van der Waals surface area contributed by atoms with Crippen LogP contribution in [0.3, 0.4) is 0 Å². The third-order valence-electron chi connectivity index (χ3n) is 2.22. The number of benzene rings is 1. The van der Waals surface area contributed by atoms with E-state index in [0.29, 0.717) is 5.02 Å². The van der Waals surface area contributed by atoms with Gasteiger partial charge in [0.1, 0.15) is 5.56 Å². The molecular weight excluding hydrogens is 272 g/mol. The molecule has 1 aromatic carbocycles. The molecule has 0 aliphatic carbocycles. The highest BCUT2D eigenvalue weighted by molar-refractivity contribution is 6.30. The Morgan fingerprint density at radius 2 is 2.00 bits per heavy atom. The van der Waals surface area contributed by atoms with E-state index in [-0.39, 0.29) is 23.1 Å². The molecule has 6 nitrogen and oxygen atoms in total. The Morgan fingerprint density at radius 3 is 2.58 bits per heavy atom. The van der Waals surface area contributed by atoms with Gasteiger partial charge in [0.2, 0.25) is 0 Å². The van der Waals surface area contributed by atoms with Gasteiger partial charge in [0, 0.05) is 0 Å². The standard InChI is InChI=1S/C12H9ClN2O4/c1-18-9-4-2-3-8(11(16)17)10(9)19-12-14-5-7(13)6-15-12/h2-6H,1H3,(H,16,17). The maximum absolute atomic E-state index is 11.1. The first-order valence-corrected chi connectivity index (χ1v) is 5.55. The Balaban J connectivity index is 2.42. The Labute approximate surface area is 113 Å². The van der Waals surface area contributed by atoms with E-state index in [4.69, 9.17) is 26.2 Å². The van der Waals surface area contributed by atoms with Crippen LogP contribution in [-0.4, -0.2) is 28.2 Å². The van der Waals surface area contributed by atoms with Crippen molar-refractivity contribution in [3.05, 3.63) is 41.2 Å². The van der Waals surface area contributed by atoms with E-state index in [1.807, 2.05) is 0 Å². The van der Waals surface area contributed by atoms with Crippen molar-refractivity contribution in [2.75, 3.05) is 7.11 Å². The molecule has 98 valence electrons. The maximum Gasteiger partial charge on any atom is 0.339 e. The van der Waals surface area contributed by atoms with Crippen molar-refractivity contribution in [1.82, 2.24) is 9.97 Å². The van der Waals surface area contributed by atoms with Crippen LogP contribution in [0.15, 0.2) is 30.6 Å². The zero-order valence-electron chi connectivity index (χ0n) is 9.83. The fourth-order valence-electron chi connectivity index (χ4n) is 1.39. The molecule has 1 aromatic heterocycles. The summed E-state index contributed by atoms with van der Waals surface area (Å²) in [5, 5.41) is 9.46. The zero-order chi connectivity index (χ0) is 13.8. The zero-order valence-corrected chi connectivity index (χ0v) is 10.6. The van der Waals surface area contributed by atoms with E-state index in [9.17, 15) is 4.79 Å². The molecule has 0 aliphatic heterocycles. The topological polar surface area (TPSA) is 81.5 Å². The summed E-state index contributed by atoms with van der Waals surface area (Å²) in [7, 11) is 1.41. The maximum atomic E-state index is 11.1. The van der Waals surface area contributed by atoms with Crippen molar-refractivity contribution in [3.63, 3.8) is 0 Å². The van der Waals surface area contributed by atoms with Gasteiger partial charge in [-0.25, -0.2) is 14.8 Å². The van der Waals surface area contributed by atoms with Gasteiger partial charge in [-0.3, -0.25) is 0 Å². The number of aromatic nitrogens is 2. The van der Waals surface area contributed by atoms with E-state index in [2.05, 4.69) is 9.97 Å². The molecule has 19 heavy (non-hydrogen) atoms. The first-order valence-electron chi connectivity index (χ1n) is 5.17. The fourth-order valence-corrected chi connectivity index (χ4v) is 1.49. The van der Waals surface area contributed by atoms with Crippen molar-refractivity contribution in [2.45, 2.75) is 0 Å². The Bertz CT molecular complexity index is 601. The molecule has 2 aromatic rings. The highest BCUT2D eigenvalue weighted by atomic mass is 35.5. The minimum Gasteiger partial charge on any atom is -0.493 e. The molecule has 0 saturated heterocycles. The molecule has 0 saturated carbocycles. The summed E-state index contributed by atoms with van der Waals surface area (Å²) >= 11 is 5.66. The summed E-state index contributed by atoms with van der Waals surface area (Å²) in [6.07, 6.45) is 2.69. The number of carbonyl (C=O) groups is 1. The molecule has 0 bridgehead atoms. The van der Waals surface area contributed by atoms with Gasteiger partial charge in [-0.1, -0.05) is 17.7 Å². The summed E-state index contributed by atoms with van der Waals surface area (Å²) in [5.74, 6) is -0.818. The van der Waals surface area contributed by atoms with Crippen molar-refractivity contribution < 1.29 is 19.4 Å². The number of nitrogens with zero attached hydrogens (tertiary/aromatic N) is 2. The lowest BCUT2D eigenvalue weighted by Gasteiger charge is -2.11. The van der Waals surface area contributed by atoms with Crippen LogP contribution in [-0.2, 0) is 0 Å². The SMILES string of the molecule is COc1cccc(C(=O)O)c1Oc1ncc(Cl)cn1. The third kappa shape index (κ3) is 2.92. The number of methoxy groups -OCH3 is 1. The van der Waals surface area contributed by atoms with E-state index >= 15 is 0 Å². The van der Waals surface area contributed by atoms with Crippen LogP contribution in [0.25, 0.3) is 0 Å². The summed E-state index contributed by atoms with van der Waals surface area (Å²) in [6.45, 7) is 0. The Morgan fingerprint density at radius 1 is 1.32 bits per heavy atom. The molecule has 2 rings (SSSR count). The number of para-hydroxylation sites is 1. The molecule has 1 N–H and O–H groups in total. The smallest absolute Gasteiger partial charge is 0.339 e. The summed E-state index contributed by atoms with van der Waals surface area (Å²) in [4.78, 5) is 18.8. The molecule has 0 atom stereocenters. The second-order valence-electron chi connectivity index (χ2n) is 3.43. The lowest BCUT2D eigenvalue weighted by atomic mass is 10.2. The number of carboxylic acid groups (broad SMARTS) is 1.